The molecule has 7 heteroatoms. The lowest BCUT2D eigenvalue weighted by molar-refractivity contribution is -0.166. The van der Waals surface area contributed by atoms with Crippen molar-refractivity contribution in [1.82, 2.24) is 0 Å². The third-order valence-electron chi connectivity index (χ3n) is 2.58. The van der Waals surface area contributed by atoms with Gasteiger partial charge in [0.15, 0.2) is 0 Å². The van der Waals surface area contributed by atoms with Gasteiger partial charge in [-0.2, -0.15) is 8.78 Å². The van der Waals surface area contributed by atoms with E-state index in [2.05, 4.69) is 4.74 Å². The summed E-state index contributed by atoms with van der Waals surface area (Å²) in [7, 11) is 0. The number of nitrogens with two attached hydrogens (primary N) is 1. The van der Waals surface area contributed by atoms with E-state index in [1.807, 2.05) is 0 Å². The summed E-state index contributed by atoms with van der Waals surface area (Å²) in [6.45, 7) is 0.401. The Bertz CT molecular complexity index is 204. The van der Waals surface area contributed by atoms with Crippen LogP contribution in [0.5, 0.6) is 0 Å². The molecule has 0 aromatic heterocycles. The van der Waals surface area contributed by atoms with Crippen molar-refractivity contribution < 1.29 is 27.4 Å². The number of halogens is 4. The van der Waals surface area contributed by atoms with Gasteiger partial charge in [-0.15, -0.1) is 0 Å². The summed E-state index contributed by atoms with van der Waals surface area (Å²) in [4.78, 5) is 0. The first-order chi connectivity index (χ1) is 7.77. The van der Waals surface area contributed by atoms with E-state index < -0.39 is 24.6 Å². The number of hydrogen-bond acceptors (Lipinski definition) is 3. The summed E-state index contributed by atoms with van der Waals surface area (Å²) in [6, 6.07) is 0. The molecule has 1 atom stereocenters. The third kappa shape index (κ3) is 6.18. The fraction of sp³-hybridized carbons (Fsp3) is 1.00. The Hall–Kier alpha value is -0.400. The summed E-state index contributed by atoms with van der Waals surface area (Å²) in [6.07, 6.45) is -2.70. The lowest BCUT2D eigenvalue weighted by Crippen LogP contribution is -2.37. The molecule has 0 heterocycles. The maximum Gasteiger partial charge on any atom is 0.330 e. The van der Waals surface area contributed by atoms with Gasteiger partial charge in [0.25, 0.3) is 0 Å². The highest BCUT2D eigenvalue weighted by atomic mass is 19.3. The minimum atomic E-state index is -4.12. The molecule has 0 saturated heterocycles. The fourth-order valence-corrected chi connectivity index (χ4v) is 1.20. The van der Waals surface area contributed by atoms with E-state index in [9.17, 15) is 22.7 Å². The van der Waals surface area contributed by atoms with Gasteiger partial charge in [0, 0.05) is 13.2 Å². The van der Waals surface area contributed by atoms with E-state index in [-0.39, 0.29) is 13.2 Å². The van der Waals surface area contributed by atoms with Crippen molar-refractivity contribution in [2.45, 2.75) is 44.1 Å². The summed E-state index contributed by atoms with van der Waals surface area (Å²) < 4.78 is 52.7. The van der Waals surface area contributed by atoms with E-state index in [0.717, 1.165) is 0 Å². The van der Waals surface area contributed by atoms with Gasteiger partial charge in [0.2, 0.25) is 0 Å². The molecule has 0 fully saturated rings. The van der Waals surface area contributed by atoms with Crippen LogP contribution >= 0.6 is 0 Å². The van der Waals surface area contributed by atoms with Crippen LogP contribution in [0, 0.1) is 0 Å². The summed E-state index contributed by atoms with van der Waals surface area (Å²) >= 11 is 0. The molecule has 0 aliphatic heterocycles. The molecular formula is C10H19F4NO2. The topological polar surface area (TPSA) is 55.5 Å². The Morgan fingerprint density at radius 2 is 1.94 bits per heavy atom. The molecule has 0 rings (SSSR count). The van der Waals surface area contributed by atoms with Crippen molar-refractivity contribution in [2.24, 2.45) is 5.73 Å². The molecule has 104 valence electrons. The first kappa shape index (κ1) is 16.6. The lowest BCUT2D eigenvalue weighted by Gasteiger charge is -2.24. The molecule has 0 saturated carbocycles. The van der Waals surface area contributed by atoms with Crippen molar-refractivity contribution in [1.29, 1.82) is 0 Å². The van der Waals surface area contributed by atoms with Gasteiger partial charge in [-0.3, -0.25) is 0 Å². The van der Waals surface area contributed by atoms with Crippen molar-refractivity contribution in [3.8, 4) is 0 Å². The molecule has 1 unspecified atom stereocenters. The predicted molar refractivity (Wildman–Crippen MR) is 55.3 cm³/mol. The second-order valence-electron chi connectivity index (χ2n) is 4.00. The highest BCUT2D eigenvalue weighted by molar-refractivity contribution is 4.77. The molecule has 0 bridgehead atoms. The van der Waals surface area contributed by atoms with Crippen LogP contribution in [0.25, 0.3) is 0 Å². The highest BCUT2D eigenvalue weighted by Gasteiger charge is 2.40. The Kier molecular flexibility index (Phi) is 6.96. The van der Waals surface area contributed by atoms with Gasteiger partial charge < -0.3 is 15.6 Å². The molecule has 0 radical (unpaired) electrons. The molecular weight excluding hydrogens is 242 g/mol. The molecule has 3 N–H and O–H groups in total. The van der Waals surface area contributed by atoms with E-state index >= 15 is 0 Å². The van der Waals surface area contributed by atoms with E-state index in [1.54, 1.807) is 6.92 Å². The largest absolute Gasteiger partial charge is 0.389 e. The predicted octanol–water partition coefficient (Wildman–Crippen LogP) is 1.78. The van der Waals surface area contributed by atoms with Gasteiger partial charge in [-0.25, -0.2) is 8.78 Å². The Labute approximate surface area is 97.9 Å². The van der Waals surface area contributed by atoms with Gasteiger partial charge in [0.1, 0.15) is 6.61 Å². The quantitative estimate of drug-likeness (QED) is 0.491. The molecule has 17 heavy (non-hydrogen) atoms. The summed E-state index contributed by atoms with van der Waals surface area (Å²) in [5.41, 5.74) is 4.30. The number of aliphatic hydroxyl groups is 1. The van der Waals surface area contributed by atoms with Gasteiger partial charge in [-0.1, -0.05) is 6.92 Å². The standard InChI is InChI=1S/C10H19F4NO2/c1-2-9(16,6-15)4-3-5-17-7-10(13,14)8(11)12/h8,16H,2-7,15H2,1H3. The number of alkyl halides is 4. The second kappa shape index (κ2) is 7.13. The molecule has 0 aromatic carbocycles. The van der Waals surface area contributed by atoms with Crippen LogP contribution in [-0.4, -0.2) is 42.8 Å². The van der Waals surface area contributed by atoms with Crippen molar-refractivity contribution in [3.63, 3.8) is 0 Å². The SMILES string of the molecule is CCC(O)(CN)CCCOCC(F)(F)C(F)F. The van der Waals surface area contributed by atoms with Crippen molar-refractivity contribution >= 4 is 0 Å². The van der Waals surface area contributed by atoms with Crippen LogP contribution in [0.2, 0.25) is 0 Å². The number of rotatable bonds is 9. The smallest absolute Gasteiger partial charge is 0.330 e. The zero-order valence-corrected chi connectivity index (χ0v) is 9.76. The molecule has 0 aromatic rings. The Balaban J connectivity index is 3.73. The van der Waals surface area contributed by atoms with Crippen LogP contribution in [0.4, 0.5) is 17.6 Å². The summed E-state index contributed by atoms with van der Waals surface area (Å²) in [5, 5.41) is 9.73. The third-order valence-corrected chi connectivity index (χ3v) is 2.58. The van der Waals surface area contributed by atoms with Crippen LogP contribution in [0.15, 0.2) is 0 Å². The summed E-state index contributed by atoms with van der Waals surface area (Å²) in [5.74, 6) is -4.12. The molecule has 0 spiro atoms. The minimum absolute atomic E-state index is 0.0662. The van der Waals surface area contributed by atoms with Gasteiger partial charge in [-0.05, 0) is 19.3 Å². The normalized spacial score (nSPS) is 16.2. The van der Waals surface area contributed by atoms with Gasteiger partial charge in [0.05, 0.1) is 5.60 Å². The number of ether oxygens (including phenoxy) is 1. The number of hydrogen-bond donors (Lipinski definition) is 2. The van der Waals surface area contributed by atoms with Crippen molar-refractivity contribution in [3.05, 3.63) is 0 Å². The molecule has 0 aliphatic rings. The Morgan fingerprint density at radius 1 is 1.35 bits per heavy atom. The first-order valence-corrected chi connectivity index (χ1v) is 5.43. The van der Waals surface area contributed by atoms with E-state index in [1.165, 1.54) is 0 Å². The monoisotopic (exact) mass is 261 g/mol. The van der Waals surface area contributed by atoms with Gasteiger partial charge >= 0.3 is 12.3 Å². The maximum atomic E-state index is 12.4. The molecule has 0 aliphatic carbocycles. The van der Waals surface area contributed by atoms with E-state index in [4.69, 9.17) is 5.73 Å². The lowest BCUT2D eigenvalue weighted by atomic mass is 9.95. The zero-order valence-electron chi connectivity index (χ0n) is 9.76. The van der Waals surface area contributed by atoms with E-state index in [0.29, 0.717) is 19.3 Å². The highest BCUT2D eigenvalue weighted by Crippen LogP contribution is 2.23. The minimum Gasteiger partial charge on any atom is -0.389 e. The molecule has 0 amide bonds. The van der Waals surface area contributed by atoms with Crippen LogP contribution in [-0.2, 0) is 4.74 Å². The average Bonchev–Trinajstić information content (AvgIpc) is 2.28. The Morgan fingerprint density at radius 3 is 2.35 bits per heavy atom. The zero-order chi connectivity index (χ0) is 13.5. The van der Waals surface area contributed by atoms with Crippen LogP contribution < -0.4 is 5.73 Å². The molecule has 3 nitrogen and oxygen atoms in total. The first-order valence-electron chi connectivity index (χ1n) is 5.43. The maximum absolute atomic E-state index is 12.4. The van der Waals surface area contributed by atoms with Crippen LogP contribution in [0.3, 0.4) is 0 Å². The average molecular weight is 261 g/mol. The fourth-order valence-electron chi connectivity index (χ4n) is 1.20. The van der Waals surface area contributed by atoms with Crippen LogP contribution in [0.1, 0.15) is 26.2 Å². The van der Waals surface area contributed by atoms with Crippen molar-refractivity contribution in [2.75, 3.05) is 19.8 Å². The second-order valence-corrected chi connectivity index (χ2v) is 4.00.